The monoisotopic (exact) mass is 587 g/mol. The van der Waals surface area contributed by atoms with Crippen molar-refractivity contribution >= 4 is 11.9 Å². The number of nitrogens with one attached hydrogen (secondary N) is 1. The van der Waals surface area contributed by atoms with Crippen LogP contribution in [0.2, 0.25) is 0 Å². The molecule has 2 aliphatic heterocycles. The Bertz CT molecular complexity index is 1440. The fourth-order valence-electron chi connectivity index (χ4n) is 7.45. The Kier molecular flexibility index (Phi) is 8.52. The molecule has 1 unspecified atom stereocenters. The van der Waals surface area contributed by atoms with E-state index in [1.165, 1.54) is 6.07 Å². The molecular formula is C34H42FN5O3. The summed E-state index contributed by atoms with van der Waals surface area (Å²) in [4.78, 5) is 24.9. The number of carbonyl (C=O) groups is 1. The van der Waals surface area contributed by atoms with Crippen LogP contribution in [-0.2, 0) is 0 Å². The summed E-state index contributed by atoms with van der Waals surface area (Å²) in [6, 6.07) is 12.9. The molecule has 0 radical (unpaired) electrons. The molecule has 6 rings (SSSR count). The molecule has 1 atom stereocenters. The quantitative estimate of drug-likeness (QED) is 0.295. The van der Waals surface area contributed by atoms with Gasteiger partial charge in [-0.05, 0) is 86.2 Å². The normalized spacial score (nSPS) is 24.1. The van der Waals surface area contributed by atoms with Crippen LogP contribution in [0.3, 0.4) is 0 Å². The van der Waals surface area contributed by atoms with Crippen LogP contribution in [0.4, 0.5) is 15.0 Å². The van der Waals surface area contributed by atoms with Crippen LogP contribution in [0.15, 0.2) is 55.0 Å². The van der Waals surface area contributed by atoms with Gasteiger partial charge in [-0.25, -0.2) is 19.2 Å². The van der Waals surface area contributed by atoms with E-state index in [1.54, 1.807) is 24.7 Å². The molecule has 1 spiro atoms. The zero-order chi connectivity index (χ0) is 30.0. The number of nitrogens with zero attached hydrogens (tertiary/aromatic N) is 4. The minimum Gasteiger partial charge on any atom is -0.465 e. The van der Waals surface area contributed by atoms with Crippen LogP contribution in [0, 0.1) is 17.2 Å². The first-order valence-corrected chi connectivity index (χ1v) is 15.6. The molecule has 2 N–H and O–H groups in total. The summed E-state index contributed by atoms with van der Waals surface area (Å²) in [5.41, 5.74) is 3.04. The third-order valence-corrected chi connectivity index (χ3v) is 9.64. The number of carboxylic acid groups (broad SMARTS) is 1. The van der Waals surface area contributed by atoms with Crippen LogP contribution in [0.5, 0.6) is 11.5 Å². The molecule has 9 heteroatoms. The average molecular weight is 588 g/mol. The van der Waals surface area contributed by atoms with Gasteiger partial charge in [0, 0.05) is 43.2 Å². The predicted molar refractivity (Wildman–Crippen MR) is 165 cm³/mol. The highest BCUT2D eigenvalue weighted by Crippen LogP contribution is 2.45. The fraction of sp³-hybridized carbons (Fsp3) is 0.500. The third-order valence-electron chi connectivity index (χ3n) is 9.64. The molecule has 3 fully saturated rings. The number of ether oxygens (including phenoxy) is 1. The van der Waals surface area contributed by atoms with E-state index in [2.05, 4.69) is 45.0 Å². The van der Waals surface area contributed by atoms with Crippen molar-refractivity contribution in [1.82, 2.24) is 20.2 Å². The lowest BCUT2D eigenvalue weighted by atomic mass is 9.85. The fourth-order valence-corrected chi connectivity index (χ4v) is 7.45. The van der Waals surface area contributed by atoms with E-state index >= 15 is 0 Å². The Labute approximate surface area is 253 Å². The van der Waals surface area contributed by atoms with Gasteiger partial charge in [-0.15, -0.1) is 0 Å². The molecule has 8 nitrogen and oxygen atoms in total. The van der Waals surface area contributed by atoms with Gasteiger partial charge < -0.3 is 25.0 Å². The van der Waals surface area contributed by atoms with Gasteiger partial charge in [0.15, 0.2) is 11.6 Å². The predicted octanol–water partition coefficient (Wildman–Crippen LogP) is 6.93. The Morgan fingerprint density at radius 1 is 1.07 bits per heavy atom. The number of hydrogen-bond acceptors (Lipinski definition) is 6. The molecule has 2 saturated heterocycles. The first-order chi connectivity index (χ1) is 20.8. The Balaban J connectivity index is 1.14. The third kappa shape index (κ3) is 6.61. The van der Waals surface area contributed by atoms with Crippen molar-refractivity contribution < 1.29 is 19.0 Å². The van der Waals surface area contributed by atoms with Gasteiger partial charge in [0.05, 0.1) is 6.20 Å². The first-order valence-electron chi connectivity index (χ1n) is 15.6. The molecule has 1 aromatic heterocycles. The van der Waals surface area contributed by atoms with E-state index in [1.807, 2.05) is 18.2 Å². The SMILES string of the molecule is CC(C)c1ccccc1-c1cc(F)ccc1Oc1cncnc1N1CCC2(CCN(C[C@H]3CC[C@H](NC(=O)O)CC3)C2)C1. The smallest absolute Gasteiger partial charge is 0.404 e. The summed E-state index contributed by atoms with van der Waals surface area (Å²) in [5, 5.41) is 11.7. The minimum absolute atomic E-state index is 0.0993. The van der Waals surface area contributed by atoms with Crippen molar-refractivity contribution in [3.8, 4) is 22.6 Å². The van der Waals surface area contributed by atoms with Crippen LogP contribution >= 0.6 is 0 Å². The van der Waals surface area contributed by atoms with E-state index in [4.69, 9.17) is 9.84 Å². The maximum absolute atomic E-state index is 14.5. The topological polar surface area (TPSA) is 90.8 Å². The zero-order valence-corrected chi connectivity index (χ0v) is 25.1. The lowest BCUT2D eigenvalue weighted by Gasteiger charge is -2.32. The zero-order valence-electron chi connectivity index (χ0n) is 25.1. The van der Waals surface area contributed by atoms with Crippen molar-refractivity contribution in [2.45, 2.75) is 64.3 Å². The molecule has 1 aliphatic carbocycles. The van der Waals surface area contributed by atoms with E-state index in [0.717, 1.165) is 93.8 Å². The van der Waals surface area contributed by atoms with Crippen LogP contribution in [0.1, 0.15) is 63.9 Å². The van der Waals surface area contributed by atoms with Gasteiger partial charge in [0.25, 0.3) is 0 Å². The van der Waals surface area contributed by atoms with E-state index < -0.39 is 6.09 Å². The van der Waals surface area contributed by atoms with Gasteiger partial charge in [-0.3, -0.25) is 0 Å². The van der Waals surface area contributed by atoms with Gasteiger partial charge in [-0.1, -0.05) is 38.1 Å². The molecule has 0 bridgehead atoms. The molecule has 1 amide bonds. The summed E-state index contributed by atoms with van der Waals surface area (Å²) in [6.07, 6.45) is 8.65. The van der Waals surface area contributed by atoms with Gasteiger partial charge in [0.1, 0.15) is 17.9 Å². The van der Waals surface area contributed by atoms with E-state index in [-0.39, 0.29) is 23.2 Å². The Hall–Kier alpha value is -3.72. The molecule has 2 aromatic carbocycles. The van der Waals surface area contributed by atoms with Gasteiger partial charge in [0.2, 0.25) is 0 Å². The Morgan fingerprint density at radius 3 is 2.65 bits per heavy atom. The molecule has 228 valence electrons. The number of likely N-dealkylation sites (tertiary alicyclic amines) is 1. The highest BCUT2D eigenvalue weighted by molar-refractivity contribution is 5.75. The first kappa shape index (κ1) is 29.4. The molecule has 3 aliphatic rings. The molecule has 43 heavy (non-hydrogen) atoms. The summed E-state index contributed by atoms with van der Waals surface area (Å²) >= 11 is 0. The van der Waals surface area contributed by atoms with Crippen LogP contribution in [0.25, 0.3) is 11.1 Å². The highest BCUT2D eigenvalue weighted by atomic mass is 19.1. The minimum atomic E-state index is -0.914. The highest BCUT2D eigenvalue weighted by Gasteiger charge is 2.44. The maximum atomic E-state index is 14.5. The second-order valence-corrected chi connectivity index (χ2v) is 13.0. The number of rotatable bonds is 8. The Morgan fingerprint density at radius 2 is 1.86 bits per heavy atom. The standard InChI is InChI=1S/C34H42FN5O3/c1-23(2)27-5-3-4-6-28(27)29-17-25(35)9-12-30(29)43-31-18-36-22-37-32(31)40-16-14-34(21-40)13-15-39(20-34)19-24-7-10-26(11-8-24)38-33(41)42/h3-6,9,12,17-18,22-24,26,38H,7-8,10-11,13-16,19-21H2,1-2H3,(H,41,42)/t24-,26-,34?. The second kappa shape index (κ2) is 12.5. The number of anilines is 1. The number of amides is 1. The van der Waals surface area contributed by atoms with Crippen LogP contribution in [-0.4, -0.2) is 64.8 Å². The summed E-state index contributed by atoms with van der Waals surface area (Å²) in [6.45, 7) is 9.36. The molecule has 3 aromatic rings. The van der Waals surface area contributed by atoms with Gasteiger partial charge >= 0.3 is 6.09 Å². The lowest BCUT2D eigenvalue weighted by molar-refractivity contribution is 0.172. The lowest BCUT2D eigenvalue weighted by Crippen LogP contribution is -2.39. The van der Waals surface area contributed by atoms with Crippen molar-refractivity contribution in [2.75, 3.05) is 37.6 Å². The average Bonchev–Trinajstić information content (AvgIpc) is 3.60. The molecule has 3 heterocycles. The summed E-state index contributed by atoms with van der Waals surface area (Å²) in [7, 11) is 0. The second-order valence-electron chi connectivity index (χ2n) is 13.0. The summed E-state index contributed by atoms with van der Waals surface area (Å²) < 4.78 is 21.0. The number of benzene rings is 2. The largest absolute Gasteiger partial charge is 0.465 e. The van der Waals surface area contributed by atoms with Crippen molar-refractivity contribution in [1.29, 1.82) is 0 Å². The number of hydrogen-bond donors (Lipinski definition) is 2. The van der Waals surface area contributed by atoms with Crippen LogP contribution < -0.4 is 15.0 Å². The maximum Gasteiger partial charge on any atom is 0.404 e. The molecular weight excluding hydrogens is 545 g/mol. The van der Waals surface area contributed by atoms with Gasteiger partial charge in [-0.2, -0.15) is 0 Å². The van der Waals surface area contributed by atoms with Crippen molar-refractivity contribution in [2.24, 2.45) is 11.3 Å². The molecule has 1 saturated carbocycles. The van der Waals surface area contributed by atoms with E-state index in [0.29, 0.717) is 17.4 Å². The summed E-state index contributed by atoms with van der Waals surface area (Å²) in [5.74, 6) is 2.55. The van der Waals surface area contributed by atoms with Crippen molar-refractivity contribution in [3.63, 3.8) is 0 Å². The number of aromatic nitrogens is 2. The van der Waals surface area contributed by atoms with E-state index in [9.17, 15) is 9.18 Å². The van der Waals surface area contributed by atoms with Crippen molar-refractivity contribution in [3.05, 3.63) is 66.4 Å². The number of halogens is 1.